The Labute approximate surface area is 257 Å². The molecule has 0 saturated heterocycles. The van der Waals surface area contributed by atoms with Crippen molar-refractivity contribution < 1.29 is 32.6 Å². The lowest BCUT2D eigenvalue weighted by Crippen LogP contribution is -2.34. The van der Waals surface area contributed by atoms with Crippen molar-refractivity contribution in [2.45, 2.75) is 117 Å². The van der Waals surface area contributed by atoms with Crippen molar-refractivity contribution in [1.82, 2.24) is 0 Å². The quantitative estimate of drug-likeness (QED) is 0.231. The minimum absolute atomic E-state index is 0. The average Bonchev–Trinajstić information content (AvgIpc) is 2.68. The molecule has 2 aromatic carbocycles. The monoisotopic (exact) mass is 608 g/mol. The summed E-state index contributed by atoms with van der Waals surface area (Å²) in [6.07, 6.45) is 0. The molecule has 0 heterocycles. The lowest BCUT2D eigenvalue weighted by atomic mass is 9.70. The summed E-state index contributed by atoms with van der Waals surface area (Å²) in [4.78, 5) is 29.5. The number of benzene rings is 2. The van der Waals surface area contributed by atoms with E-state index in [1.807, 2.05) is 24.3 Å². The third kappa shape index (κ3) is 9.23. The Bertz CT molecular complexity index is 1230. The van der Waals surface area contributed by atoms with E-state index in [1.165, 1.54) is 0 Å². The van der Waals surface area contributed by atoms with Gasteiger partial charge in [-0.2, -0.15) is 4.31 Å². The molecule has 0 amide bonds. The van der Waals surface area contributed by atoms with E-state index >= 15 is 0 Å². The minimum Gasteiger partial charge on any atom is -0.302 e. The zero-order valence-electron chi connectivity index (χ0n) is 25.8. The third-order valence-electron chi connectivity index (χ3n) is 6.92. The molecule has 40 heavy (non-hydrogen) atoms. The van der Waals surface area contributed by atoms with Crippen LogP contribution in [0.3, 0.4) is 0 Å². The lowest BCUT2D eigenvalue weighted by Gasteiger charge is -2.40. The van der Waals surface area contributed by atoms with Crippen LogP contribution in [0.5, 0.6) is 0 Å². The molecule has 0 bridgehead atoms. The molecule has 10 heteroatoms. The van der Waals surface area contributed by atoms with Crippen LogP contribution in [0, 0.1) is 0 Å². The molecule has 0 fully saturated rings. The highest BCUT2D eigenvalue weighted by Gasteiger charge is 2.46. The maximum absolute atomic E-state index is 13.2. The summed E-state index contributed by atoms with van der Waals surface area (Å²) < 4.78 is 35.0. The summed E-state index contributed by atoms with van der Waals surface area (Å²) in [5.74, 6) is 0. The first-order chi connectivity index (χ1) is 17.1. The van der Waals surface area contributed by atoms with Crippen LogP contribution in [-0.2, 0) is 45.2 Å². The van der Waals surface area contributed by atoms with Gasteiger partial charge >= 0.3 is 38.7 Å². The Balaban J connectivity index is 0.00000800. The Morgan fingerprint density at radius 2 is 0.875 bits per heavy atom. The van der Waals surface area contributed by atoms with Crippen molar-refractivity contribution in [3.05, 3.63) is 69.8 Å². The van der Waals surface area contributed by atoms with E-state index in [2.05, 4.69) is 99.5 Å². The number of hydrogen-bond donors (Lipinski definition) is 3. The van der Waals surface area contributed by atoms with Crippen LogP contribution in [0.1, 0.15) is 123 Å². The number of hydrogen-bond acceptors (Lipinski definition) is 4. The first kappa shape index (κ1) is 37.5. The van der Waals surface area contributed by atoms with Crippen LogP contribution in [0.25, 0.3) is 0 Å². The van der Waals surface area contributed by atoms with E-state index in [0.29, 0.717) is 11.1 Å². The molecule has 0 saturated carbocycles. The summed E-state index contributed by atoms with van der Waals surface area (Å²) >= 11 is 0. The first-order valence-electron chi connectivity index (χ1n) is 13.2. The Morgan fingerprint density at radius 1 is 0.550 bits per heavy atom. The molecule has 0 aliphatic rings. The van der Waals surface area contributed by atoms with Gasteiger partial charge in [0.2, 0.25) is 0 Å². The van der Waals surface area contributed by atoms with Crippen molar-refractivity contribution in [2.24, 2.45) is 0 Å². The average molecular weight is 609 g/mol. The van der Waals surface area contributed by atoms with Gasteiger partial charge in [-0.3, -0.25) is 4.52 Å². The zero-order chi connectivity index (χ0) is 30.6. The Morgan fingerprint density at radius 3 is 1.12 bits per heavy atom. The van der Waals surface area contributed by atoms with Crippen LogP contribution in [-0.4, -0.2) is 37.7 Å². The Hall–Kier alpha value is -0.534. The van der Waals surface area contributed by atoms with Crippen molar-refractivity contribution in [2.75, 3.05) is 0 Å². The third-order valence-corrected chi connectivity index (χ3v) is 9.19. The fourth-order valence-corrected chi connectivity index (χ4v) is 6.59. The lowest BCUT2D eigenvalue weighted by molar-refractivity contribution is 0.0757. The maximum Gasteiger partial charge on any atom is 0.482 e. The molecule has 1 atom stereocenters. The largest absolute Gasteiger partial charge is 0.482 e. The standard InChI is InChI=1S/C30H48O7P2.Mg.2H/c1-26(2,3)20-14-16-22(24(18-20)28(7,8)9)30(13,36-39(34,35)37-38(31,32)33)23-17-15-21(27(4,5)6)19-25(23)29(10,11)12;;;/h14-19H,1-13H3,(H,34,35)(H2,31,32,33);;;. The summed E-state index contributed by atoms with van der Waals surface area (Å²) in [5.41, 5.74) is 2.41. The van der Waals surface area contributed by atoms with Gasteiger partial charge in [-0.05, 0) is 62.0 Å². The second-order valence-corrected chi connectivity index (χ2v) is 17.4. The number of phosphoric ester groups is 1. The highest BCUT2D eigenvalue weighted by Crippen LogP contribution is 2.62. The van der Waals surface area contributed by atoms with Gasteiger partial charge < -0.3 is 14.7 Å². The minimum atomic E-state index is -5.34. The summed E-state index contributed by atoms with van der Waals surface area (Å²) in [6.45, 7) is 26.7. The second-order valence-electron chi connectivity index (χ2n) is 14.7. The molecule has 0 spiro atoms. The number of phosphoric acid groups is 2. The van der Waals surface area contributed by atoms with Gasteiger partial charge in [0.15, 0.2) is 0 Å². The van der Waals surface area contributed by atoms with Crippen molar-refractivity contribution in [3.8, 4) is 0 Å². The van der Waals surface area contributed by atoms with Crippen LogP contribution in [0.2, 0.25) is 0 Å². The molecule has 3 N–H and O–H groups in total. The molecule has 0 aromatic heterocycles. The predicted octanol–water partition coefficient (Wildman–Crippen LogP) is 7.45. The van der Waals surface area contributed by atoms with Gasteiger partial charge in [0.1, 0.15) is 5.60 Å². The van der Waals surface area contributed by atoms with Crippen molar-refractivity contribution in [1.29, 1.82) is 0 Å². The van der Waals surface area contributed by atoms with E-state index in [0.717, 1.165) is 22.3 Å². The summed E-state index contributed by atoms with van der Waals surface area (Å²) in [6, 6.07) is 11.9. The SMILES string of the molecule is CC(C)(C)c1ccc(C(C)(OP(=O)(O)OP(=O)(O)O)c2ccc(C(C)(C)C)cc2C(C)(C)C)c(C(C)(C)C)c1.[MgH2]. The van der Waals surface area contributed by atoms with Gasteiger partial charge in [0.25, 0.3) is 0 Å². The summed E-state index contributed by atoms with van der Waals surface area (Å²) in [7, 11) is -10.6. The highest BCUT2D eigenvalue weighted by molar-refractivity contribution is 7.60. The summed E-state index contributed by atoms with van der Waals surface area (Å²) in [5, 5.41) is 0. The van der Waals surface area contributed by atoms with E-state index in [-0.39, 0.29) is 33.9 Å². The van der Waals surface area contributed by atoms with Gasteiger partial charge in [-0.1, -0.05) is 119 Å². The molecular weight excluding hydrogens is 559 g/mol. The normalized spacial score (nSPS) is 15.4. The fourth-order valence-electron chi connectivity index (χ4n) is 4.72. The number of rotatable bonds is 6. The van der Waals surface area contributed by atoms with Gasteiger partial charge in [0.05, 0.1) is 0 Å². The van der Waals surface area contributed by atoms with E-state index < -0.39 is 32.1 Å². The second kappa shape index (κ2) is 11.9. The van der Waals surface area contributed by atoms with Gasteiger partial charge in [0, 0.05) is 0 Å². The fraction of sp³-hybridized carbons (Fsp3) is 0.600. The van der Waals surface area contributed by atoms with Crippen LogP contribution < -0.4 is 0 Å². The molecule has 224 valence electrons. The molecule has 0 radical (unpaired) electrons. The van der Waals surface area contributed by atoms with Crippen LogP contribution in [0.15, 0.2) is 36.4 Å². The predicted molar refractivity (Wildman–Crippen MR) is 167 cm³/mol. The maximum atomic E-state index is 13.2. The van der Waals surface area contributed by atoms with E-state index in [9.17, 15) is 23.8 Å². The van der Waals surface area contributed by atoms with Crippen molar-refractivity contribution in [3.63, 3.8) is 0 Å². The smallest absolute Gasteiger partial charge is 0.302 e. The van der Waals surface area contributed by atoms with E-state index in [4.69, 9.17) is 4.52 Å². The van der Waals surface area contributed by atoms with Gasteiger partial charge in [-0.25, -0.2) is 9.13 Å². The molecule has 2 aromatic rings. The molecule has 7 nitrogen and oxygen atoms in total. The molecule has 1 unspecified atom stereocenters. The molecule has 0 aliphatic carbocycles. The van der Waals surface area contributed by atoms with Gasteiger partial charge in [-0.15, -0.1) is 0 Å². The van der Waals surface area contributed by atoms with E-state index in [1.54, 1.807) is 6.92 Å². The first-order valence-corrected chi connectivity index (χ1v) is 16.2. The van der Waals surface area contributed by atoms with Crippen LogP contribution >= 0.6 is 15.6 Å². The zero-order valence-corrected chi connectivity index (χ0v) is 27.6. The molecular formula is C30H50MgO7P2. The topological polar surface area (TPSA) is 113 Å². The Kier molecular flexibility index (Phi) is 11.1. The van der Waals surface area contributed by atoms with Crippen LogP contribution in [0.4, 0.5) is 0 Å². The van der Waals surface area contributed by atoms with Crippen molar-refractivity contribution >= 4 is 38.7 Å². The highest BCUT2D eigenvalue weighted by atomic mass is 31.3. The molecule has 2 rings (SSSR count). The molecule has 0 aliphatic heterocycles.